The van der Waals surface area contributed by atoms with E-state index in [-0.39, 0.29) is 0 Å². The molecule has 5 nitrogen and oxygen atoms in total. The Morgan fingerprint density at radius 1 is 1.12 bits per heavy atom. The summed E-state index contributed by atoms with van der Waals surface area (Å²) in [4.78, 5) is 4.69. The van der Waals surface area contributed by atoms with Crippen LogP contribution >= 0.6 is 0 Å². The summed E-state index contributed by atoms with van der Waals surface area (Å²) in [7, 11) is 1.71. The Morgan fingerprint density at radius 2 is 1.82 bits per heavy atom. The number of benzene rings is 1. The third-order valence-electron chi connectivity index (χ3n) is 5.81. The van der Waals surface area contributed by atoms with Gasteiger partial charge in [-0.25, -0.2) is 9.50 Å². The third-order valence-corrected chi connectivity index (χ3v) is 5.81. The lowest BCUT2D eigenvalue weighted by Gasteiger charge is -2.33. The van der Waals surface area contributed by atoms with Gasteiger partial charge in [0.1, 0.15) is 5.75 Å². The van der Waals surface area contributed by atoms with Crippen molar-refractivity contribution in [1.82, 2.24) is 19.9 Å². The first-order valence-electron chi connectivity index (χ1n) is 12.4. The molecule has 5 rings (SSSR count). The Morgan fingerprint density at radius 3 is 2.39 bits per heavy atom. The Bertz CT molecular complexity index is 1060. The summed E-state index contributed by atoms with van der Waals surface area (Å²) in [6.45, 7) is 16.6. The van der Waals surface area contributed by atoms with Crippen LogP contribution in [0.1, 0.15) is 82.5 Å². The van der Waals surface area contributed by atoms with Crippen LogP contribution in [0.3, 0.4) is 0 Å². The summed E-state index contributed by atoms with van der Waals surface area (Å²) in [6, 6.07) is 9.82. The lowest BCUT2D eigenvalue weighted by atomic mass is 9.97. The Balaban J connectivity index is 0.000000295. The summed E-state index contributed by atoms with van der Waals surface area (Å²) < 4.78 is 7.22. The van der Waals surface area contributed by atoms with Crippen molar-refractivity contribution in [2.24, 2.45) is 0 Å². The van der Waals surface area contributed by atoms with Crippen LogP contribution in [0, 0.1) is 13.8 Å². The van der Waals surface area contributed by atoms with Crippen molar-refractivity contribution in [2.75, 3.05) is 7.11 Å². The minimum Gasteiger partial charge on any atom is -0.497 e. The number of aromatic nitrogens is 3. The van der Waals surface area contributed by atoms with E-state index < -0.39 is 0 Å². The van der Waals surface area contributed by atoms with Gasteiger partial charge >= 0.3 is 0 Å². The molecule has 33 heavy (non-hydrogen) atoms. The molecular weight excluding hydrogens is 408 g/mol. The van der Waals surface area contributed by atoms with Gasteiger partial charge in [0.15, 0.2) is 5.65 Å². The van der Waals surface area contributed by atoms with Crippen LogP contribution in [0.15, 0.2) is 30.5 Å². The number of nitrogens with zero attached hydrogens (tertiary/aromatic N) is 3. The van der Waals surface area contributed by atoms with Gasteiger partial charge in [0.05, 0.1) is 24.7 Å². The first-order valence-corrected chi connectivity index (χ1v) is 12.4. The molecule has 1 saturated heterocycles. The van der Waals surface area contributed by atoms with Crippen molar-refractivity contribution in [1.29, 1.82) is 0 Å². The average Bonchev–Trinajstić information content (AvgIpc) is 3.44. The van der Waals surface area contributed by atoms with Crippen molar-refractivity contribution in [3.63, 3.8) is 0 Å². The van der Waals surface area contributed by atoms with E-state index in [0.717, 1.165) is 41.3 Å². The number of fused-ring (bicyclic) bond motifs is 2. The van der Waals surface area contributed by atoms with Gasteiger partial charge in [0.2, 0.25) is 0 Å². The van der Waals surface area contributed by atoms with E-state index >= 15 is 0 Å². The summed E-state index contributed by atoms with van der Waals surface area (Å²) in [5.41, 5.74) is 7.92. The molecule has 0 amide bonds. The molecule has 3 aromatic rings. The van der Waals surface area contributed by atoms with Crippen LogP contribution < -0.4 is 10.1 Å². The third kappa shape index (κ3) is 6.44. The molecule has 3 heterocycles. The van der Waals surface area contributed by atoms with Crippen molar-refractivity contribution in [3.05, 3.63) is 58.5 Å². The number of rotatable bonds is 3. The fourth-order valence-corrected chi connectivity index (χ4v) is 4.12. The number of hydrogen-bond acceptors (Lipinski definition) is 4. The van der Waals surface area contributed by atoms with Crippen molar-refractivity contribution in [2.45, 2.75) is 86.7 Å². The van der Waals surface area contributed by atoms with Gasteiger partial charge in [-0.3, -0.25) is 0 Å². The van der Waals surface area contributed by atoms with Gasteiger partial charge in [-0.05, 0) is 86.2 Å². The predicted octanol–water partition coefficient (Wildman–Crippen LogP) is 6.65. The van der Waals surface area contributed by atoms with Crippen LogP contribution in [-0.4, -0.2) is 33.8 Å². The van der Waals surface area contributed by atoms with Crippen LogP contribution in [0.5, 0.6) is 5.75 Å². The Labute approximate surface area is 200 Å². The normalized spacial score (nSPS) is 17.8. The summed E-state index contributed by atoms with van der Waals surface area (Å²) in [5, 5.41) is 7.86. The number of methoxy groups -OCH3 is 1. The Kier molecular flexibility index (Phi) is 10.1. The molecule has 1 N–H and O–H groups in total. The summed E-state index contributed by atoms with van der Waals surface area (Å²) >= 11 is 0. The molecule has 1 aromatic carbocycles. The Hall–Kier alpha value is -2.66. The molecule has 2 atom stereocenters. The van der Waals surface area contributed by atoms with Gasteiger partial charge in [0.25, 0.3) is 0 Å². The first-order chi connectivity index (χ1) is 16.0. The SMILES string of the molecule is CC.CC.CCC1CC(C)N1.COc1cc(C)c2c(c1)CC(c1cn3nc(C)ccc3n1)=C2. The van der Waals surface area contributed by atoms with Crippen LogP contribution in [0.4, 0.5) is 0 Å². The average molecular weight is 451 g/mol. The number of allylic oxidation sites excluding steroid dienone is 1. The van der Waals surface area contributed by atoms with Gasteiger partial charge in [-0.15, -0.1) is 0 Å². The second-order valence-corrected chi connectivity index (χ2v) is 8.18. The molecule has 180 valence electrons. The molecule has 5 heteroatoms. The fraction of sp³-hybridized carbons (Fsp3) is 0.500. The highest BCUT2D eigenvalue weighted by atomic mass is 16.5. The van der Waals surface area contributed by atoms with Gasteiger partial charge in [0, 0.05) is 18.5 Å². The monoisotopic (exact) mass is 450 g/mol. The summed E-state index contributed by atoms with van der Waals surface area (Å²) in [6.07, 6.45) is 7.81. The zero-order chi connectivity index (χ0) is 24.5. The van der Waals surface area contributed by atoms with Gasteiger partial charge in [-0.2, -0.15) is 5.10 Å². The van der Waals surface area contributed by atoms with E-state index in [1.54, 1.807) is 7.11 Å². The highest BCUT2D eigenvalue weighted by Gasteiger charge is 2.21. The van der Waals surface area contributed by atoms with E-state index in [0.29, 0.717) is 0 Å². The molecule has 0 saturated carbocycles. The fourth-order valence-electron chi connectivity index (χ4n) is 4.12. The molecule has 2 aromatic heterocycles. The van der Waals surface area contributed by atoms with Crippen LogP contribution in [0.25, 0.3) is 17.3 Å². The molecule has 2 aliphatic rings. The molecule has 1 aliphatic heterocycles. The van der Waals surface area contributed by atoms with Crippen LogP contribution in [-0.2, 0) is 6.42 Å². The molecule has 0 radical (unpaired) electrons. The minimum absolute atomic E-state index is 0.796. The zero-order valence-electron chi connectivity index (χ0n) is 22.0. The second kappa shape index (κ2) is 12.5. The molecule has 0 bridgehead atoms. The summed E-state index contributed by atoms with van der Waals surface area (Å²) in [5.74, 6) is 0.915. The van der Waals surface area contributed by atoms with Gasteiger partial charge in [-0.1, -0.05) is 34.6 Å². The van der Waals surface area contributed by atoms with Crippen LogP contribution in [0.2, 0.25) is 0 Å². The number of imidazole rings is 1. The largest absolute Gasteiger partial charge is 0.497 e. The molecule has 1 fully saturated rings. The standard InChI is InChI=1S/C18H17N3O.C6H13N.2C2H6/c1-11-6-15(22-3)8-13-7-14(9-16(11)13)17-10-21-18(19-17)5-4-12(2)20-21;1-3-6-4-5(2)7-6;2*1-2/h4-6,8-10H,7H2,1-3H3;5-7H,3-4H2,1-2H3;2*1-2H3. The smallest absolute Gasteiger partial charge is 0.154 e. The van der Waals surface area contributed by atoms with E-state index in [1.165, 1.54) is 35.1 Å². The number of hydrogen-bond donors (Lipinski definition) is 1. The van der Waals surface area contributed by atoms with Crippen molar-refractivity contribution < 1.29 is 4.74 Å². The maximum atomic E-state index is 5.37. The lowest BCUT2D eigenvalue weighted by Crippen LogP contribution is -2.49. The maximum absolute atomic E-state index is 5.37. The molecule has 1 aliphatic carbocycles. The maximum Gasteiger partial charge on any atom is 0.154 e. The van der Waals surface area contributed by atoms with E-state index in [9.17, 15) is 0 Å². The van der Waals surface area contributed by atoms with Crippen molar-refractivity contribution in [3.8, 4) is 5.75 Å². The second-order valence-electron chi connectivity index (χ2n) is 8.18. The van der Waals surface area contributed by atoms with Gasteiger partial charge < -0.3 is 10.1 Å². The minimum atomic E-state index is 0.796. The highest BCUT2D eigenvalue weighted by Crippen LogP contribution is 2.35. The predicted molar refractivity (Wildman–Crippen MR) is 141 cm³/mol. The molecule has 2 unspecified atom stereocenters. The van der Waals surface area contributed by atoms with E-state index in [1.807, 2.05) is 57.5 Å². The number of ether oxygens (including phenoxy) is 1. The number of nitrogens with one attached hydrogen (secondary N) is 1. The molecular formula is C28H42N4O. The first kappa shape index (κ1) is 26.6. The lowest BCUT2D eigenvalue weighted by molar-refractivity contribution is 0.275. The van der Waals surface area contributed by atoms with E-state index in [2.05, 4.69) is 49.4 Å². The van der Waals surface area contributed by atoms with E-state index in [4.69, 9.17) is 9.72 Å². The number of aryl methyl sites for hydroxylation is 2. The quantitative estimate of drug-likeness (QED) is 0.485. The highest BCUT2D eigenvalue weighted by molar-refractivity contribution is 5.89. The zero-order valence-corrected chi connectivity index (χ0v) is 22.0. The van der Waals surface area contributed by atoms with Crippen molar-refractivity contribution >= 4 is 17.3 Å². The topological polar surface area (TPSA) is 51.5 Å². The molecule has 0 spiro atoms.